The van der Waals surface area contributed by atoms with Crippen molar-refractivity contribution in [3.05, 3.63) is 24.3 Å². The summed E-state index contributed by atoms with van der Waals surface area (Å²) in [5.41, 5.74) is 0.546. The number of benzene rings is 1. The normalized spacial score (nSPS) is 10.8. The molecule has 0 aliphatic rings. The minimum absolute atomic E-state index is 0.376. The summed E-state index contributed by atoms with van der Waals surface area (Å²) in [4.78, 5) is 11.4. The van der Waals surface area contributed by atoms with Gasteiger partial charge in [-0.05, 0) is 39.3 Å². The molecule has 0 aliphatic heterocycles. The lowest BCUT2D eigenvalue weighted by molar-refractivity contribution is 0.0528. The standard InChI is InChI=1S/C15H24N2O3/c1-15(2,3)20-14(18)17-10-6-9-16-12-7-5-8-13(11-12)19-4/h5,7-8,11,16H,6,9-10H2,1-4H3,(H,17,18). The fraction of sp³-hybridized carbons (Fsp3) is 0.533. The zero-order chi connectivity index (χ0) is 15.0. The lowest BCUT2D eigenvalue weighted by Crippen LogP contribution is -2.33. The van der Waals surface area contributed by atoms with Crippen molar-refractivity contribution >= 4 is 11.8 Å². The van der Waals surface area contributed by atoms with Gasteiger partial charge >= 0.3 is 6.09 Å². The van der Waals surface area contributed by atoms with Gasteiger partial charge in [-0.1, -0.05) is 6.07 Å². The Morgan fingerprint density at radius 3 is 2.65 bits per heavy atom. The van der Waals surface area contributed by atoms with Gasteiger partial charge in [0.2, 0.25) is 0 Å². The van der Waals surface area contributed by atoms with Crippen LogP contribution in [0, 0.1) is 0 Å². The Bertz CT molecular complexity index is 427. The van der Waals surface area contributed by atoms with Crippen LogP contribution in [0.2, 0.25) is 0 Å². The maximum atomic E-state index is 11.4. The highest BCUT2D eigenvalue weighted by atomic mass is 16.6. The minimum Gasteiger partial charge on any atom is -0.497 e. The fourth-order valence-corrected chi connectivity index (χ4v) is 1.56. The molecule has 1 aromatic rings. The van der Waals surface area contributed by atoms with Crippen molar-refractivity contribution in [2.24, 2.45) is 0 Å². The van der Waals surface area contributed by atoms with E-state index in [1.54, 1.807) is 7.11 Å². The number of anilines is 1. The average molecular weight is 280 g/mol. The first-order valence-electron chi connectivity index (χ1n) is 6.75. The van der Waals surface area contributed by atoms with Gasteiger partial charge in [0.25, 0.3) is 0 Å². The molecule has 1 aromatic carbocycles. The van der Waals surface area contributed by atoms with Crippen LogP contribution >= 0.6 is 0 Å². The molecule has 5 heteroatoms. The van der Waals surface area contributed by atoms with Gasteiger partial charge in [-0.15, -0.1) is 0 Å². The second-order valence-corrected chi connectivity index (χ2v) is 5.44. The molecule has 1 rings (SSSR count). The van der Waals surface area contributed by atoms with E-state index in [4.69, 9.17) is 9.47 Å². The molecule has 0 aliphatic carbocycles. The summed E-state index contributed by atoms with van der Waals surface area (Å²) >= 11 is 0. The number of hydrogen-bond donors (Lipinski definition) is 2. The zero-order valence-corrected chi connectivity index (χ0v) is 12.7. The molecule has 0 atom stereocenters. The van der Waals surface area contributed by atoms with E-state index >= 15 is 0 Å². The van der Waals surface area contributed by atoms with Gasteiger partial charge in [0.1, 0.15) is 11.4 Å². The third kappa shape index (κ3) is 6.87. The molecule has 1 amide bonds. The van der Waals surface area contributed by atoms with Crippen LogP contribution in [0.15, 0.2) is 24.3 Å². The number of methoxy groups -OCH3 is 1. The van der Waals surface area contributed by atoms with E-state index in [0.717, 1.165) is 24.4 Å². The summed E-state index contributed by atoms with van der Waals surface area (Å²) in [5.74, 6) is 0.821. The first-order valence-corrected chi connectivity index (χ1v) is 6.75. The van der Waals surface area contributed by atoms with Crippen molar-refractivity contribution in [1.29, 1.82) is 0 Å². The number of carbonyl (C=O) groups is 1. The Morgan fingerprint density at radius 2 is 2.00 bits per heavy atom. The van der Waals surface area contributed by atoms with Crippen LogP contribution in [0.3, 0.4) is 0 Å². The van der Waals surface area contributed by atoms with Crippen molar-refractivity contribution in [1.82, 2.24) is 5.32 Å². The number of hydrogen-bond acceptors (Lipinski definition) is 4. The number of carbonyl (C=O) groups excluding carboxylic acids is 1. The lowest BCUT2D eigenvalue weighted by Gasteiger charge is -2.19. The predicted octanol–water partition coefficient (Wildman–Crippen LogP) is 3.02. The number of nitrogens with one attached hydrogen (secondary N) is 2. The van der Waals surface area contributed by atoms with E-state index in [1.807, 2.05) is 45.0 Å². The third-order valence-corrected chi connectivity index (χ3v) is 2.42. The molecule has 0 spiro atoms. The van der Waals surface area contributed by atoms with Crippen molar-refractivity contribution in [2.45, 2.75) is 32.8 Å². The van der Waals surface area contributed by atoms with Crippen LogP contribution in [-0.4, -0.2) is 31.9 Å². The summed E-state index contributed by atoms with van der Waals surface area (Å²) in [7, 11) is 1.64. The quantitative estimate of drug-likeness (QED) is 0.786. The molecule has 112 valence electrons. The highest BCUT2D eigenvalue weighted by Crippen LogP contribution is 2.16. The van der Waals surface area contributed by atoms with Gasteiger partial charge < -0.3 is 20.1 Å². The summed E-state index contributed by atoms with van der Waals surface area (Å²) in [5, 5.41) is 5.99. The van der Waals surface area contributed by atoms with E-state index in [9.17, 15) is 4.79 Å². The Labute approximate surface area is 120 Å². The maximum Gasteiger partial charge on any atom is 0.407 e. The summed E-state index contributed by atoms with van der Waals surface area (Å²) in [6, 6.07) is 7.74. The van der Waals surface area contributed by atoms with E-state index in [1.165, 1.54) is 0 Å². The van der Waals surface area contributed by atoms with E-state index in [0.29, 0.717) is 6.54 Å². The van der Waals surface area contributed by atoms with Gasteiger partial charge in [0.05, 0.1) is 7.11 Å². The Balaban J connectivity index is 2.17. The molecule has 2 N–H and O–H groups in total. The first kappa shape index (κ1) is 16.1. The molecule has 0 saturated heterocycles. The molecular weight excluding hydrogens is 256 g/mol. The van der Waals surface area contributed by atoms with Gasteiger partial charge in [-0.25, -0.2) is 4.79 Å². The molecule has 0 bridgehead atoms. The van der Waals surface area contributed by atoms with E-state index < -0.39 is 5.60 Å². The molecule has 0 aromatic heterocycles. The molecule has 20 heavy (non-hydrogen) atoms. The van der Waals surface area contributed by atoms with Crippen molar-refractivity contribution in [2.75, 3.05) is 25.5 Å². The Morgan fingerprint density at radius 1 is 1.25 bits per heavy atom. The van der Waals surface area contributed by atoms with Crippen molar-refractivity contribution in [3.8, 4) is 5.75 Å². The van der Waals surface area contributed by atoms with E-state index in [2.05, 4.69) is 10.6 Å². The fourth-order valence-electron chi connectivity index (χ4n) is 1.56. The number of rotatable bonds is 6. The Kier molecular flexibility index (Phi) is 6.15. The first-order chi connectivity index (χ1) is 9.40. The molecule has 0 radical (unpaired) electrons. The maximum absolute atomic E-state index is 11.4. The Hall–Kier alpha value is -1.91. The topological polar surface area (TPSA) is 59.6 Å². The van der Waals surface area contributed by atoms with Crippen molar-refractivity contribution < 1.29 is 14.3 Å². The largest absolute Gasteiger partial charge is 0.497 e. The second-order valence-electron chi connectivity index (χ2n) is 5.44. The summed E-state index contributed by atoms with van der Waals surface area (Å²) in [6.07, 6.45) is 0.440. The second kappa shape index (κ2) is 7.62. The monoisotopic (exact) mass is 280 g/mol. The van der Waals surface area contributed by atoms with Crippen LogP contribution < -0.4 is 15.4 Å². The lowest BCUT2D eigenvalue weighted by atomic mass is 10.2. The van der Waals surface area contributed by atoms with Crippen molar-refractivity contribution in [3.63, 3.8) is 0 Å². The molecule has 0 unspecified atom stereocenters. The van der Waals surface area contributed by atoms with Gasteiger partial charge in [0.15, 0.2) is 0 Å². The molecule has 0 fully saturated rings. The van der Waals surface area contributed by atoms with E-state index in [-0.39, 0.29) is 6.09 Å². The third-order valence-electron chi connectivity index (χ3n) is 2.42. The highest BCUT2D eigenvalue weighted by Gasteiger charge is 2.15. The summed E-state index contributed by atoms with van der Waals surface area (Å²) < 4.78 is 10.3. The van der Waals surface area contributed by atoms with Gasteiger partial charge in [-0.2, -0.15) is 0 Å². The predicted molar refractivity (Wildman–Crippen MR) is 80.3 cm³/mol. The zero-order valence-electron chi connectivity index (χ0n) is 12.7. The summed E-state index contributed by atoms with van der Waals surface area (Å²) in [6.45, 7) is 6.87. The van der Waals surface area contributed by atoms with Gasteiger partial charge in [0, 0.05) is 24.8 Å². The molecule has 0 heterocycles. The van der Waals surface area contributed by atoms with Crippen LogP contribution in [0.25, 0.3) is 0 Å². The molecular formula is C15H24N2O3. The van der Waals surface area contributed by atoms with Crippen LogP contribution in [0.5, 0.6) is 5.75 Å². The number of amides is 1. The van der Waals surface area contributed by atoms with Gasteiger partial charge in [-0.3, -0.25) is 0 Å². The highest BCUT2D eigenvalue weighted by molar-refractivity contribution is 5.67. The minimum atomic E-state index is -0.455. The number of alkyl carbamates (subject to hydrolysis) is 1. The molecule has 5 nitrogen and oxygen atoms in total. The smallest absolute Gasteiger partial charge is 0.407 e. The SMILES string of the molecule is COc1cccc(NCCCNC(=O)OC(C)(C)C)c1. The average Bonchev–Trinajstić information content (AvgIpc) is 2.36. The van der Waals surface area contributed by atoms with Crippen LogP contribution in [-0.2, 0) is 4.74 Å². The van der Waals surface area contributed by atoms with Crippen LogP contribution in [0.4, 0.5) is 10.5 Å². The molecule has 0 saturated carbocycles. The van der Waals surface area contributed by atoms with Crippen LogP contribution in [0.1, 0.15) is 27.2 Å². The number of ether oxygens (including phenoxy) is 2.